The summed E-state index contributed by atoms with van der Waals surface area (Å²) in [6.07, 6.45) is 0. The molecule has 0 aliphatic carbocycles. The number of aromatic nitrogens is 4. The number of nitrogens with zero attached hydrogens (tertiary/aromatic N) is 6. The van der Waals surface area contributed by atoms with E-state index in [9.17, 15) is 10.1 Å². The zero-order valence-corrected chi connectivity index (χ0v) is 20.3. The summed E-state index contributed by atoms with van der Waals surface area (Å²) >= 11 is 6.42. The van der Waals surface area contributed by atoms with Crippen molar-refractivity contribution in [3.63, 3.8) is 0 Å². The van der Waals surface area contributed by atoms with Crippen molar-refractivity contribution in [2.75, 3.05) is 34.9 Å². The van der Waals surface area contributed by atoms with Crippen LogP contribution in [0.5, 0.6) is 0 Å². The molecule has 12 heteroatoms. The molecular weight excluding hydrogens is 480 g/mol. The highest BCUT2D eigenvalue weighted by molar-refractivity contribution is 6.35. The SMILES string of the molecule is CC(Nc1nc(N)nc(N)c1C#N)c1nc2cccc(Cl)c2c(=O)n1N(CCN)Cc1ccccc1. The molecule has 36 heavy (non-hydrogen) atoms. The number of hydrogen-bond donors (Lipinski definition) is 4. The maximum Gasteiger partial charge on any atom is 0.281 e. The Hall–Kier alpha value is -4.40. The third-order valence-electron chi connectivity index (χ3n) is 5.53. The second-order valence-corrected chi connectivity index (χ2v) is 8.46. The van der Waals surface area contributed by atoms with Gasteiger partial charge in [0.25, 0.3) is 5.56 Å². The van der Waals surface area contributed by atoms with Crippen molar-refractivity contribution in [3.05, 3.63) is 80.9 Å². The van der Waals surface area contributed by atoms with E-state index in [1.54, 1.807) is 25.1 Å². The van der Waals surface area contributed by atoms with Crippen molar-refractivity contribution >= 4 is 40.1 Å². The summed E-state index contributed by atoms with van der Waals surface area (Å²) in [5.41, 5.74) is 18.7. The highest BCUT2D eigenvalue weighted by atomic mass is 35.5. The molecule has 0 radical (unpaired) electrons. The van der Waals surface area contributed by atoms with Crippen LogP contribution in [-0.4, -0.2) is 32.7 Å². The molecule has 0 aliphatic heterocycles. The number of anilines is 3. The van der Waals surface area contributed by atoms with Gasteiger partial charge in [-0.1, -0.05) is 48.0 Å². The number of hydrogen-bond acceptors (Lipinski definition) is 10. The van der Waals surface area contributed by atoms with Gasteiger partial charge in [-0.2, -0.15) is 15.2 Å². The minimum absolute atomic E-state index is 0.0388. The van der Waals surface area contributed by atoms with Gasteiger partial charge in [-0.05, 0) is 24.6 Å². The molecular formula is C24H25ClN10O. The van der Waals surface area contributed by atoms with Crippen LogP contribution >= 0.6 is 11.6 Å². The number of benzene rings is 2. The molecule has 4 rings (SSSR count). The highest BCUT2D eigenvalue weighted by Gasteiger charge is 2.24. The van der Waals surface area contributed by atoms with E-state index in [4.69, 9.17) is 33.8 Å². The molecule has 4 aromatic rings. The van der Waals surface area contributed by atoms with Gasteiger partial charge in [0.2, 0.25) is 5.95 Å². The number of nitrogens with two attached hydrogens (primary N) is 3. The maximum atomic E-state index is 13.9. The van der Waals surface area contributed by atoms with Gasteiger partial charge in [0.1, 0.15) is 17.5 Å². The molecule has 184 valence electrons. The van der Waals surface area contributed by atoms with Crippen molar-refractivity contribution in [3.8, 4) is 6.07 Å². The number of nitrogen functional groups attached to an aromatic ring is 2. The van der Waals surface area contributed by atoms with Crippen molar-refractivity contribution in [1.82, 2.24) is 19.6 Å². The Morgan fingerprint density at radius 3 is 2.58 bits per heavy atom. The zero-order chi connectivity index (χ0) is 25.8. The Labute approximate surface area is 212 Å². The minimum Gasteiger partial charge on any atom is -0.382 e. The first kappa shape index (κ1) is 24.7. The van der Waals surface area contributed by atoms with Crippen molar-refractivity contribution in [1.29, 1.82) is 5.26 Å². The third-order valence-corrected chi connectivity index (χ3v) is 5.85. The average Bonchev–Trinajstić information content (AvgIpc) is 2.84. The summed E-state index contributed by atoms with van der Waals surface area (Å²) in [7, 11) is 0. The molecule has 1 atom stereocenters. The van der Waals surface area contributed by atoms with Crippen molar-refractivity contribution in [2.24, 2.45) is 5.73 Å². The Bertz CT molecular complexity index is 1500. The number of rotatable bonds is 8. The number of nitrogens with one attached hydrogen (secondary N) is 1. The summed E-state index contributed by atoms with van der Waals surface area (Å²) < 4.78 is 1.48. The fourth-order valence-electron chi connectivity index (χ4n) is 3.93. The largest absolute Gasteiger partial charge is 0.382 e. The normalized spacial score (nSPS) is 11.7. The smallest absolute Gasteiger partial charge is 0.281 e. The van der Waals surface area contributed by atoms with Crippen molar-refractivity contribution < 1.29 is 0 Å². The third kappa shape index (κ3) is 4.86. The Kier molecular flexibility index (Phi) is 7.19. The first-order valence-electron chi connectivity index (χ1n) is 11.1. The maximum absolute atomic E-state index is 13.9. The molecule has 0 aliphatic rings. The van der Waals surface area contributed by atoms with Crippen LogP contribution in [0.15, 0.2) is 53.3 Å². The molecule has 0 amide bonds. The van der Waals surface area contributed by atoms with Crippen LogP contribution in [0.25, 0.3) is 10.9 Å². The fourth-order valence-corrected chi connectivity index (χ4v) is 4.18. The molecule has 11 nitrogen and oxygen atoms in total. The van der Waals surface area contributed by atoms with Crippen LogP contribution in [0.3, 0.4) is 0 Å². The Balaban J connectivity index is 1.90. The fraction of sp³-hybridized carbons (Fsp3) is 0.208. The van der Waals surface area contributed by atoms with Crippen molar-refractivity contribution in [2.45, 2.75) is 19.5 Å². The zero-order valence-electron chi connectivity index (χ0n) is 19.5. The number of fused-ring (bicyclic) bond motifs is 1. The predicted molar refractivity (Wildman–Crippen MR) is 141 cm³/mol. The minimum atomic E-state index is -0.613. The van der Waals surface area contributed by atoms with E-state index in [1.807, 2.05) is 41.4 Å². The highest BCUT2D eigenvalue weighted by Crippen LogP contribution is 2.25. The molecule has 2 heterocycles. The predicted octanol–water partition coefficient (Wildman–Crippen LogP) is 2.15. The van der Waals surface area contributed by atoms with Crippen LogP contribution in [-0.2, 0) is 6.54 Å². The first-order valence-corrected chi connectivity index (χ1v) is 11.5. The summed E-state index contributed by atoms with van der Waals surface area (Å²) in [4.78, 5) is 26.6. The Morgan fingerprint density at radius 1 is 1.14 bits per heavy atom. The Morgan fingerprint density at radius 2 is 1.89 bits per heavy atom. The van der Waals surface area contributed by atoms with E-state index >= 15 is 0 Å². The van der Waals surface area contributed by atoms with Gasteiger partial charge >= 0.3 is 0 Å². The summed E-state index contributed by atoms with van der Waals surface area (Å²) in [5, 5.41) is 15.1. The lowest BCUT2D eigenvalue weighted by molar-refractivity contribution is 0.523. The van der Waals surface area contributed by atoms with Gasteiger partial charge in [-0.25, -0.2) is 9.66 Å². The van der Waals surface area contributed by atoms with Crippen LogP contribution in [0.4, 0.5) is 17.6 Å². The van der Waals surface area contributed by atoms with E-state index in [1.165, 1.54) is 4.68 Å². The molecule has 2 aromatic carbocycles. The quantitative estimate of drug-likeness (QED) is 0.278. The van der Waals surface area contributed by atoms with Gasteiger partial charge in [-0.15, -0.1) is 0 Å². The topological polar surface area (TPSA) is 178 Å². The first-order chi connectivity index (χ1) is 17.3. The monoisotopic (exact) mass is 504 g/mol. The van der Waals surface area contributed by atoms with Gasteiger partial charge in [0, 0.05) is 13.1 Å². The molecule has 0 fully saturated rings. The second kappa shape index (κ2) is 10.5. The number of nitriles is 1. The van der Waals surface area contributed by atoms with Gasteiger partial charge in [0.15, 0.2) is 11.6 Å². The lowest BCUT2D eigenvalue weighted by Crippen LogP contribution is -2.47. The standard InChI is InChI=1S/C24H25ClN10O/c1-14(30-21-16(12-27)20(28)32-24(29)33-21)22-31-18-9-5-8-17(25)19(18)23(36)35(22)34(11-10-26)13-15-6-3-2-4-7-15/h2-9,14H,10-11,13,26H2,1H3,(H5,28,29,30,32,33). The van der Waals surface area contributed by atoms with Gasteiger partial charge < -0.3 is 27.5 Å². The molecule has 0 bridgehead atoms. The van der Waals surface area contributed by atoms with Gasteiger partial charge in [-0.3, -0.25) is 4.79 Å². The van der Waals surface area contributed by atoms with E-state index in [0.717, 1.165) is 5.56 Å². The second-order valence-electron chi connectivity index (χ2n) is 8.05. The van der Waals surface area contributed by atoms with Gasteiger partial charge in [0.05, 0.1) is 28.5 Å². The van der Waals surface area contributed by atoms with Crippen LogP contribution < -0.4 is 33.1 Å². The number of halogens is 1. The average molecular weight is 505 g/mol. The van der Waals surface area contributed by atoms with E-state index in [2.05, 4.69) is 15.3 Å². The summed E-state index contributed by atoms with van der Waals surface area (Å²) in [5.74, 6) is 0.351. The lowest BCUT2D eigenvalue weighted by Gasteiger charge is -2.30. The molecule has 1 unspecified atom stereocenters. The van der Waals surface area contributed by atoms with E-state index in [0.29, 0.717) is 41.4 Å². The van der Waals surface area contributed by atoms with E-state index in [-0.39, 0.29) is 28.7 Å². The summed E-state index contributed by atoms with van der Waals surface area (Å²) in [6.45, 7) is 2.83. The molecule has 0 spiro atoms. The van der Waals surface area contributed by atoms with E-state index < -0.39 is 6.04 Å². The van der Waals surface area contributed by atoms with Crippen LogP contribution in [0.1, 0.15) is 29.9 Å². The lowest BCUT2D eigenvalue weighted by atomic mass is 10.2. The summed E-state index contributed by atoms with van der Waals surface area (Å²) in [6, 6.07) is 16.2. The molecule has 7 N–H and O–H groups in total. The van der Waals surface area contributed by atoms with Crippen LogP contribution in [0.2, 0.25) is 5.02 Å². The molecule has 2 aromatic heterocycles. The molecule has 0 saturated heterocycles. The van der Waals surface area contributed by atoms with Crippen LogP contribution in [0, 0.1) is 11.3 Å². The molecule has 0 saturated carbocycles.